The molecule has 5 nitrogen and oxygen atoms in total. The molecule has 0 heterocycles. The highest BCUT2D eigenvalue weighted by Crippen LogP contribution is 2.29. The fraction of sp³-hybridized carbons (Fsp3) is 0.235. The molecule has 0 fully saturated rings. The zero-order valence-electron chi connectivity index (χ0n) is 13.8. The minimum Gasteiger partial charge on any atom is -0.322 e. The van der Waals surface area contributed by atoms with Crippen LogP contribution in [0.5, 0.6) is 0 Å². The molecule has 1 amide bonds. The largest absolute Gasteiger partial charge is 0.416 e. The number of halogens is 3. The molecular weight excluding hydrogens is 369 g/mol. The van der Waals surface area contributed by atoms with E-state index in [-0.39, 0.29) is 12.2 Å². The summed E-state index contributed by atoms with van der Waals surface area (Å²) in [7, 11) is -3.25. The fourth-order valence-electron chi connectivity index (χ4n) is 2.15. The standard InChI is InChI=1S/C17H17F3N2O3S/c1-26(24,25)21-11-10-12-2-4-13(5-3-12)16(23)22-15-8-6-14(7-9-15)17(18,19)20/h2-9,21H,10-11H2,1H3,(H,22,23). The van der Waals surface area contributed by atoms with Crippen LogP contribution in [0.15, 0.2) is 48.5 Å². The minimum atomic E-state index is -4.43. The average Bonchev–Trinajstić information content (AvgIpc) is 2.54. The van der Waals surface area contributed by atoms with Gasteiger partial charge in [-0.2, -0.15) is 13.2 Å². The lowest BCUT2D eigenvalue weighted by Crippen LogP contribution is -2.24. The van der Waals surface area contributed by atoms with Crippen molar-refractivity contribution in [2.45, 2.75) is 12.6 Å². The van der Waals surface area contributed by atoms with Crippen molar-refractivity contribution in [2.75, 3.05) is 18.1 Å². The summed E-state index contributed by atoms with van der Waals surface area (Å²) in [5.41, 5.74) is 0.643. The summed E-state index contributed by atoms with van der Waals surface area (Å²) in [6.07, 6.45) is -2.89. The molecule has 0 aliphatic carbocycles. The topological polar surface area (TPSA) is 75.3 Å². The molecule has 0 saturated carbocycles. The molecule has 0 unspecified atom stereocenters. The first-order chi connectivity index (χ1) is 12.0. The lowest BCUT2D eigenvalue weighted by Gasteiger charge is -2.09. The number of benzene rings is 2. The Morgan fingerprint density at radius 3 is 2.08 bits per heavy atom. The van der Waals surface area contributed by atoms with E-state index in [4.69, 9.17) is 0 Å². The lowest BCUT2D eigenvalue weighted by molar-refractivity contribution is -0.137. The fourth-order valence-corrected chi connectivity index (χ4v) is 2.62. The van der Waals surface area contributed by atoms with Gasteiger partial charge in [-0.15, -0.1) is 0 Å². The Hall–Kier alpha value is -2.39. The van der Waals surface area contributed by atoms with Crippen molar-refractivity contribution in [1.82, 2.24) is 4.72 Å². The predicted molar refractivity (Wildman–Crippen MR) is 92.4 cm³/mol. The van der Waals surface area contributed by atoms with Crippen molar-refractivity contribution in [3.8, 4) is 0 Å². The molecule has 0 aromatic heterocycles. The van der Waals surface area contributed by atoms with Crippen LogP contribution >= 0.6 is 0 Å². The monoisotopic (exact) mass is 386 g/mol. The number of carbonyl (C=O) groups excluding carboxylic acids is 1. The third-order valence-corrected chi connectivity index (χ3v) is 4.19. The maximum atomic E-state index is 12.5. The third kappa shape index (κ3) is 6.16. The highest BCUT2D eigenvalue weighted by molar-refractivity contribution is 7.88. The second kappa shape index (κ2) is 7.88. The number of anilines is 1. The molecule has 2 rings (SSSR count). The number of rotatable bonds is 6. The SMILES string of the molecule is CS(=O)(=O)NCCc1ccc(C(=O)Nc2ccc(C(F)(F)F)cc2)cc1. The van der Waals surface area contributed by atoms with Crippen LogP contribution in [-0.2, 0) is 22.6 Å². The number of hydrogen-bond acceptors (Lipinski definition) is 3. The van der Waals surface area contributed by atoms with Gasteiger partial charge < -0.3 is 5.32 Å². The van der Waals surface area contributed by atoms with E-state index in [1.54, 1.807) is 24.3 Å². The molecule has 0 bridgehead atoms. The van der Waals surface area contributed by atoms with Crippen LogP contribution in [0.1, 0.15) is 21.5 Å². The van der Waals surface area contributed by atoms with Crippen molar-refractivity contribution < 1.29 is 26.4 Å². The Morgan fingerprint density at radius 2 is 1.58 bits per heavy atom. The van der Waals surface area contributed by atoms with E-state index in [0.29, 0.717) is 12.0 Å². The van der Waals surface area contributed by atoms with Crippen LogP contribution in [0, 0.1) is 0 Å². The van der Waals surface area contributed by atoms with Gasteiger partial charge in [-0.3, -0.25) is 4.79 Å². The lowest BCUT2D eigenvalue weighted by atomic mass is 10.1. The first-order valence-electron chi connectivity index (χ1n) is 7.57. The van der Waals surface area contributed by atoms with Crippen LogP contribution in [0.3, 0.4) is 0 Å². The molecule has 9 heteroatoms. The predicted octanol–water partition coefficient (Wildman–Crippen LogP) is 3.05. The second-order valence-corrected chi connectivity index (χ2v) is 7.48. The molecule has 2 aromatic carbocycles. The van der Waals surface area contributed by atoms with Crippen LogP contribution in [0.4, 0.5) is 18.9 Å². The van der Waals surface area contributed by atoms with Gasteiger partial charge in [0, 0.05) is 17.8 Å². The number of nitrogens with one attached hydrogen (secondary N) is 2. The van der Waals surface area contributed by atoms with Gasteiger partial charge in [-0.25, -0.2) is 13.1 Å². The molecule has 0 spiro atoms. The summed E-state index contributed by atoms with van der Waals surface area (Å²) in [5, 5.41) is 2.52. The van der Waals surface area contributed by atoms with Gasteiger partial charge >= 0.3 is 6.18 Å². The molecule has 140 valence electrons. The van der Waals surface area contributed by atoms with E-state index in [2.05, 4.69) is 10.0 Å². The third-order valence-electron chi connectivity index (χ3n) is 3.46. The number of alkyl halides is 3. The van der Waals surface area contributed by atoms with Crippen LogP contribution in [-0.4, -0.2) is 27.1 Å². The average molecular weight is 386 g/mol. The maximum Gasteiger partial charge on any atom is 0.416 e. The van der Waals surface area contributed by atoms with E-state index in [9.17, 15) is 26.4 Å². The molecule has 0 saturated heterocycles. The summed E-state index contributed by atoms with van der Waals surface area (Å²) in [5.74, 6) is -0.453. The summed E-state index contributed by atoms with van der Waals surface area (Å²) in [4.78, 5) is 12.1. The van der Waals surface area contributed by atoms with Crippen LogP contribution in [0.2, 0.25) is 0 Å². The number of hydrogen-bond donors (Lipinski definition) is 2. The first-order valence-corrected chi connectivity index (χ1v) is 9.46. The second-order valence-electron chi connectivity index (χ2n) is 5.64. The van der Waals surface area contributed by atoms with Gasteiger partial charge in [0.25, 0.3) is 5.91 Å². The van der Waals surface area contributed by atoms with E-state index in [1.165, 1.54) is 12.1 Å². The van der Waals surface area contributed by atoms with E-state index in [0.717, 1.165) is 24.0 Å². The molecule has 0 atom stereocenters. The first kappa shape index (κ1) is 19.9. The molecule has 0 aliphatic rings. The molecule has 2 aromatic rings. The van der Waals surface area contributed by atoms with Gasteiger partial charge in [-0.1, -0.05) is 12.1 Å². The van der Waals surface area contributed by atoms with Crippen molar-refractivity contribution in [1.29, 1.82) is 0 Å². The van der Waals surface area contributed by atoms with Gasteiger partial charge in [-0.05, 0) is 48.4 Å². The Kier molecular flexibility index (Phi) is 6.04. The van der Waals surface area contributed by atoms with Crippen molar-refractivity contribution >= 4 is 21.6 Å². The molecule has 0 aliphatic heterocycles. The van der Waals surface area contributed by atoms with Crippen molar-refractivity contribution in [3.63, 3.8) is 0 Å². The van der Waals surface area contributed by atoms with E-state index >= 15 is 0 Å². The van der Waals surface area contributed by atoms with Gasteiger partial charge in [0.2, 0.25) is 10.0 Å². The van der Waals surface area contributed by atoms with Crippen molar-refractivity contribution in [3.05, 3.63) is 65.2 Å². The minimum absolute atomic E-state index is 0.246. The van der Waals surface area contributed by atoms with E-state index < -0.39 is 27.7 Å². The van der Waals surface area contributed by atoms with Gasteiger partial charge in [0.05, 0.1) is 11.8 Å². The Morgan fingerprint density at radius 1 is 1.00 bits per heavy atom. The van der Waals surface area contributed by atoms with Crippen LogP contribution in [0.25, 0.3) is 0 Å². The summed E-state index contributed by atoms with van der Waals surface area (Å²) in [6.45, 7) is 0.246. The number of amides is 1. The molecule has 26 heavy (non-hydrogen) atoms. The molecule has 2 N–H and O–H groups in total. The Bertz CT molecular complexity index is 862. The summed E-state index contributed by atoms with van der Waals surface area (Å²) in [6, 6.07) is 10.7. The van der Waals surface area contributed by atoms with Gasteiger partial charge in [0.1, 0.15) is 0 Å². The highest BCUT2D eigenvalue weighted by atomic mass is 32.2. The zero-order chi connectivity index (χ0) is 19.4. The van der Waals surface area contributed by atoms with Crippen LogP contribution < -0.4 is 10.0 Å². The summed E-state index contributed by atoms with van der Waals surface area (Å²) >= 11 is 0. The maximum absolute atomic E-state index is 12.5. The normalized spacial score (nSPS) is 12.0. The summed E-state index contributed by atoms with van der Waals surface area (Å²) < 4.78 is 61.9. The Balaban J connectivity index is 1.95. The number of sulfonamides is 1. The van der Waals surface area contributed by atoms with E-state index in [1.807, 2.05) is 0 Å². The molecular formula is C17H17F3N2O3S. The molecule has 0 radical (unpaired) electrons. The Labute approximate surface area is 149 Å². The quantitative estimate of drug-likeness (QED) is 0.801. The van der Waals surface area contributed by atoms with Crippen molar-refractivity contribution in [2.24, 2.45) is 0 Å². The zero-order valence-corrected chi connectivity index (χ0v) is 14.6. The van der Waals surface area contributed by atoms with Gasteiger partial charge in [0.15, 0.2) is 0 Å². The smallest absolute Gasteiger partial charge is 0.322 e. The highest BCUT2D eigenvalue weighted by Gasteiger charge is 2.29. The number of carbonyl (C=O) groups is 1.